The summed E-state index contributed by atoms with van der Waals surface area (Å²) in [5.74, 6) is 0.985. The van der Waals surface area contributed by atoms with E-state index >= 15 is 0 Å². The Kier molecular flexibility index (Phi) is 6.53. The van der Waals surface area contributed by atoms with Crippen molar-refractivity contribution in [1.82, 2.24) is 0 Å². The maximum absolute atomic E-state index is 11.6. The first-order chi connectivity index (χ1) is 13.0. The van der Waals surface area contributed by atoms with Gasteiger partial charge in [0.15, 0.2) is 6.20 Å². The zero-order valence-corrected chi connectivity index (χ0v) is 15.1. The van der Waals surface area contributed by atoms with Gasteiger partial charge in [0.2, 0.25) is 6.29 Å². The van der Waals surface area contributed by atoms with Crippen LogP contribution in [0.3, 0.4) is 0 Å². The van der Waals surface area contributed by atoms with Gasteiger partial charge in [0.05, 0.1) is 6.61 Å². The molecular weight excluding hydrogens is 374 g/mol. The molecule has 0 radical (unpaired) electrons. The molecule has 27 heavy (non-hydrogen) atoms. The third kappa shape index (κ3) is 4.70. The molecule has 1 fully saturated rings. The zero-order valence-electron chi connectivity index (χ0n) is 14.3. The summed E-state index contributed by atoms with van der Waals surface area (Å²) in [7, 11) is 0. The molecule has 0 saturated carbocycles. The van der Waals surface area contributed by atoms with E-state index in [1.807, 2.05) is 12.1 Å². The fourth-order valence-corrected chi connectivity index (χ4v) is 3.51. The van der Waals surface area contributed by atoms with E-state index in [0.29, 0.717) is 16.5 Å². The molecule has 3 rings (SSSR count). The summed E-state index contributed by atoms with van der Waals surface area (Å²) < 4.78 is 11.7. The molecule has 0 spiro atoms. The molecule has 9 heteroatoms. The van der Waals surface area contributed by atoms with E-state index in [0.717, 1.165) is 10.3 Å². The van der Waals surface area contributed by atoms with Gasteiger partial charge in [-0.3, -0.25) is 0 Å². The molecule has 1 saturated heterocycles. The van der Waals surface area contributed by atoms with Gasteiger partial charge in [-0.1, -0.05) is 23.9 Å². The van der Waals surface area contributed by atoms with E-state index < -0.39 is 37.3 Å². The smallest absolute Gasteiger partial charge is 0.251 e. The topological polar surface area (TPSA) is 126 Å². The van der Waals surface area contributed by atoms with Crippen molar-refractivity contribution < 1.29 is 34.6 Å². The molecule has 0 unspecified atom stereocenters. The van der Waals surface area contributed by atoms with E-state index in [9.17, 15) is 25.6 Å². The summed E-state index contributed by atoms with van der Waals surface area (Å²) in [5, 5.41) is 51.0. The lowest BCUT2D eigenvalue weighted by molar-refractivity contribution is -0.645. The molecule has 1 aromatic heterocycles. The Morgan fingerprint density at radius 2 is 1.78 bits per heavy atom. The SMILES string of the molecule is [O-][n+]1ccccc1SCc1ccc(O[C@@H]2O[C@H](CO)[C@H](O)[C@H](O)[C@H]2O)cc1. The second-order valence-electron chi connectivity index (χ2n) is 6.11. The van der Waals surface area contributed by atoms with Crippen LogP contribution in [0.15, 0.2) is 53.7 Å². The highest BCUT2D eigenvalue weighted by Gasteiger charge is 2.44. The molecule has 0 bridgehead atoms. The van der Waals surface area contributed by atoms with E-state index in [-0.39, 0.29) is 0 Å². The van der Waals surface area contributed by atoms with Crippen LogP contribution in [-0.2, 0) is 10.5 Å². The summed E-state index contributed by atoms with van der Waals surface area (Å²) in [6.07, 6.45) is -5.16. The highest BCUT2D eigenvalue weighted by molar-refractivity contribution is 7.98. The van der Waals surface area contributed by atoms with Gasteiger partial charge in [-0.15, -0.1) is 0 Å². The number of aliphatic hydroxyl groups excluding tert-OH is 4. The van der Waals surface area contributed by atoms with Crippen LogP contribution in [0.25, 0.3) is 0 Å². The number of hydrogen-bond donors (Lipinski definition) is 4. The summed E-state index contributed by atoms with van der Waals surface area (Å²) in [5.41, 5.74) is 0.963. The van der Waals surface area contributed by atoms with Crippen LogP contribution in [0.2, 0.25) is 0 Å². The number of aromatic nitrogens is 1. The molecule has 4 N–H and O–H groups in total. The molecule has 1 aliphatic heterocycles. The zero-order chi connectivity index (χ0) is 19.4. The largest absolute Gasteiger partial charge is 0.618 e. The van der Waals surface area contributed by atoms with Crippen molar-refractivity contribution in [3.63, 3.8) is 0 Å². The molecule has 0 aliphatic carbocycles. The van der Waals surface area contributed by atoms with E-state index in [1.165, 1.54) is 18.0 Å². The van der Waals surface area contributed by atoms with Crippen LogP contribution in [0.4, 0.5) is 0 Å². The fraction of sp³-hybridized carbons (Fsp3) is 0.389. The normalized spacial score (nSPS) is 28.1. The number of rotatable bonds is 6. The van der Waals surface area contributed by atoms with Crippen molar-refractivity contribution in [1.29, 1.82) is 0 Å². The standard InChI is InChI=1S/C18H21NO7S/c20-9-13-15(21)16(22)17(23)18(26-13)25-12-6-4-11(5-7-12)10-27-14-3-1-2-8-19(14)24/h1-8,13,15-18,20-23H,9-10H2/t13-,15+,16+,17-,18-/m1/s1. The lowest BCUT2D eigenvalue weighted by atomic mass is 9.99. The van der Waals surface area contributed by atoms with Gasteiger partial charge >= 0.3 is 0 Å². The second kappa shape index (κ2) is 8.87. The Morgan fingerprint density at radius 1 is 1.04 bits per heavy atom. The van der Waals surface area contributed by atoms with E-state index in [4.69, 9.17) is 9.47 Å². The van der Waals surface area contributed by atoms with Crippen LogP contribution in [0.1, 0.15) is 5.56 Å². The van der Waals surface area contributed by atoms with Gasteiger partial charge in [0.1, 0.15) is 30.2 Å². The van der Waals surface area contributed by atoms with Gasteiger partial charge in [-0.05, 0) is 23.8 Å². The third-order valence-electron chi connectivity index (χ3n) is 4.20. The van der Waals surface area contributed by atoms with Gasteiger partial charge in [-0.2, -0.15) is 4.73 Å². The predicted octanol–water partition coefficient (Wildman–Crippen LogP) is -0.209. The molecule has 1 aliphatic rings. The summed E-state index contributed by atoms with van der Waals surface area (Å²) >= 11 is 1.40. The van der Waals surface area contributed by atoms with Gasteiger partial charge in [-0.25, -0.2) is 0 Å². The molecule has 2 heterocycles. The molecule has 146 valence electrons. The Hall–Kier alpha value is -1.88. The quantitative estimate of drug-likeness (QED) is 0.301. The first-order valence-electron chi connectivity index (χ1n) is 8.36. The van der Waals surface area contributed by atoms with Gasteiger partial charge in [0, 0.05) is 17.9 Å². The van der Waals surface area contributed by atoms with Gasteiger partial charge in [0.25, 0.3) is 5.03 Å². The van der Waals surface area contributed by atoms with Gasteiger partial charge < -0.3 is 35.1 Å². The van der Waals surface area contributed by atoms with Crippen LogP contribution in [-0.4, -0.2) is 57.7 Å². The monoisotopic (exact) mass is 395 g/mol. The second-order valence-corrected chi connectivity index (χ2v) is 7.11. The Balaban J connectivity index is 1.59. The number of aliphatic hydroxyl groups is 4. The number of pyridine rings is 1. The number of ether oxygens (including phenoxy) is 2. The minimum Gasteiger partial charge on any atom is -0.618 e. The Morgan fingerprint density at radius 3 is 2.44 bits per heavy atom. The minimum atomic E-state index is -1.48. The fourth-order valence-electron chi connectivity index (χ4n) is 2.64. The molecule has 8 nitrogen and oxygen atoms in total. The lowest BCUT2D eigenvalue weighted by Gasteiger charge is -2.39. The first kappa shape index (κ1) is 19.9. The number of nitrogens with zero attached hydrogens (tertiary/aromatic N) is 1. The van der Waals surface area contributed by atoms with Crippen molar-refractivity contribution in [3.8, 4) is 5.75 Å². The number of benzene rings is 1. The average Bonchev–Trinajstić information content (AvgIpc) is 2.69. The van der Waals surface area contributed by atoms with Crippen LogP contribution < -0.4 is 9.47 Å². The third-order valence-corrected chi connectivity index (χ3v) is 5.29. The van der Waals surface area contributed by atoms with Crippen LogP contribution in [0, 0.1) is 5.21 Å². The van der Waals surface area contributed by atoms with Crippen molar-refractivity contribution in [2.75, 3.05) is 6.61 Å². The molecule has 5 atom stereocenters. The average molecular weight is 395 g/mol. The van der Waals surface area contributed by atoms with E-state index in [1.54, 1.807) is 30.3 Å². The maximum Gasteiger partial charge on any atom is 0.251 e. The highest BCUT2D eigenvalue weighted by atomic mass is 32.2. The molecule has 2 aromatic rings. The summed E-state index contributed by atoms with van der Waals surface area (Å²) in [6.45, 7) is -0.514. The number of thioether (sulfide) groups is 1. The van der Waals surface area contributed by atoms with Crippen molar-refractivity contribution >= 4 is 11.8 Å². The maximum atomic E-state index is 11.6. The highest BCUT2D eigenvalue weighted by Crippen LogP contribution is 2.26. The first-order valence-corrected chi connectivity index (χ1v) is 9.35. The molecule has 1 aromatic carbocycles. The van der Waals surface area contributed by atoms with E-state index in [2.05, 4.69) is 0 Å². The van der Waals surface area contributed by atoms with Crippen LogP contribution >= 0.6 is 11.8 Å². The Bertz CT molecular complexity index is 743. The predicted molar refractivity (Wildman–Crippen MR) is 95.8 cm³/mol. The summed E-state index contributed by atoms with van der Waals surface area (Å²) in [6, 6.07) is 12.2. The summed E-state index contributed by atoms with van der Waals surface area (Å²) in [4.78, 5) is 0. The minimum absolute atomic E-state index is 0.395. The van der Waals surface area contributed by atoms with Crippen molar-refractivity contribution in [2.24, 2.45) is 0 Å². The molecule has 0 amide bonds. The molecular formula is C18H21NO7S. The van der Waals surface area contributed by atoms with Crippen molar-refractivity contribution in [2.45, 2.75) is 41.5 Å². The van der Waals surface area contributed by atoms with Crippen molar-refractivity contribution in [3.05, 3.63) is 59.4 Å². The number of hydrogen-bond acceptors (Lipinski definition) is 8. The Labute approximate surface area is 160 Å². The lowest BCUT2D eigenvalue weighted by Crippen LogP contribution is -2.60. The van der Waals surface area contributed by atoms with Crippen LogP contribution in [0.5, 0.6) is 5.75 Å².